The molecule has 0 bridgehead atoms. The predicted molar refractivity (Wildman–Crippen MR) is 86.7 cm³/mol. The average Bonchev–Trinajstić information content (AvgIpc) is 2.32. The van der Waals surface area contributed by atoms with Gasteiger partial charge in [-0.15, -0.1) is 0 Å². The maximum absolute atomic E-state index is 5.87. The maximum atomic E-state index is 5.87. The van der Waals surface area contributed by atoms with Crippen molar-refractivity contribution in [1.82, 2.24) is 0 Å². The van der Waals surface area contributed by atoms with Crippen LogP contribution in [-0.2, 0) is 6.42 Å². The molecule has 2 rings (SSSR count). The summed E-state index contributed by atoms with van der Waals surface area (Å²) >= 11 is 3.74. The molecule has 19 heavy (non-hydrogen) atoms. The molecule has 1 aromatic rings. The van der Waals surface area contributed by atoms with Gasteiger partial charge in [0, 0.05) is 23.1 Å². The van der Waals surface area contributed by atoms with Crippen LogP contribution in [-0.4, -0.2) is 18.6 Å². The number of hydrogen-bond donors (Lipinski definition) is 1. The van der Waals surface area contributed by atoms with E-state index in [1.165, 1.54) is 28.6 Å². The van der Waals surface area contributed by atoms with E-state index in [-0.39, 0.29) is 6.04 Å². The lowest BCUT2D eigenvalue weighted by Crippen LogP contribution is -2.41. The second kappa shape index (κ2) is 6.27. The summed E-state index contributed by atoms with van der Waals surface area (Å²) in [5, 5.41) is 0. The topological polar surface area (TPSA) is 29.3 Å². The molecule has 0 radical (unpaired) electrons. The Labute approximate surface area is 125 Å². The largest absolute Gasteiger partial charge is 0.368 e. The highest BCUT2D eigenvalue weighted by Gasteiger charge is 2.24. The summed E-state index contributed by atoms with van der Waals surface area (Å²) in [6.45, 7) is 7.88. The van der Waals surface area contributed by atoms with Crippen molar-refractivity contribution in [3.63, 3.8) is 0 Å². The van der Waals surface area contributed by atoms with Crippen LogP contribution in [0.2, 0.25) is 0 Å². The van der Waals surface area contributed by atoms with E-state index in [1.54, 1.807) is 0 Å². The first-order valence-corrected chi connectivity index (χ1v) is 8.07. The number of nitrogens with zero attached hydrogens (tertiary/aromatic N) is 1. The van der Waals surface area contributed by atoms with E-state index in [0.717, 1.165) is 18.9 Å². The van der Waals surface area contributed by atoms with Crippen LogP contribution in [0, 0.1) is 5.92 Å². The van der Waals surface area contributed by atoms with Gasteiger partial charge < -0.3 is 10.6 Å². The molecule has 0 amide bonds. The molecule has 0 aliphatic carbocycles. The molecule has 0 aromatic heterocycles. The molecule has 106 valence electrons. The molecular formula is C16H25BrN2. The second-order valence-electron chi connectivity index (χ2n) is 6.15. The SMILES string of the molecule is CC(N)Cc1ccc(N2CC(C)CCC2C)c(Br)c1. The van der Waals surface area contributed by atoms with E-state index in [4.69, 9.17) is 5.73 Å². The number of rotatable bonds is 3. The van der Waals surface area contributed by atoms with Crippen LogP contribution >= 0.6 is 15.9 Å². The summed E-state index contributed by atoms with van der Waals surface area (Å²) in [6, 6.07) is 7.54. The number of piperidine rings is 1. The number of halogens is 1. The Morgan fingerprint density at radius 3 is 2.74 bits per heavy atom. The van der Waals surface area contributed by atoms with Gasteiger partial charge >= 0.3 is 0 Å². The van der Waals surface area contributed by atoms with Gasteiger partial charge in [0.05, 0.1) is 5.69 Å². The van der Waals surface area contributed by atoms with Gasteiger partial charge in [0.15, 0.2) is 0 Å². The van der Waals surface area contributed by atoms with Gasteiger partial charge in [-0.2, -0.15) is 0 Å². The third-order valence-corrected chi connectivity index (χ3v) is 4.63. The van der Waals surface area contributed by atoms with E-state index < -0.39 is 0 Å². The summed E-state index contributed by atoms with van der Waals surface area (Å²) in [7, 11) is 0. The molecule has 3 atom stereocenters. The van der Waals surface area contributed by atoms with Gasteiger partial charge in [-0.25, -0.2) is 0 Å². The lowest BCUT2D eigenvalue weighted by molar-refractivity contribution is 0.390. The number of hydrogen-bond acceptors (Lipinski definition) is 2. The quantitative estimate of drug-likeness (QED) is 0.911. The van der Waals surface area contributed by atoms with Crippen LogP contribution in [0.25, 0.3) is 0 Å². The summed E-state index contributed by atoms with van der Waals surface area (Å²) in [4.78, 5) is 2.54. The molecule has 2 nitrogen and oxygen atoms in total. The smallest absolute Gasteiger partial charge is 0.0513 e. The van der Waals surface area contributed by atoms with Gasteiger partial charge in [-0.3, -0.25) is 0 Å². The van der Waals surface area contributed by atoms with Crippen LogP contribution in [0.15, 0.2) is 22.7 Å². The molecule has 0 spiro atoms. The molecule has 3 heteroatoms. The molecule has 1 aromatic carbocycles. The standard InChI is InChI=1S/C16H25BrN2/c1-11-4-5-13(3)19(10-11)16-7-6-14(8-12(2)18)9-15(16)17/h6-7,9,11-13H,4-5,8,10,18H2,1-3H3. The molecular weight excluding hydrogens is 300 g/mol. The maximum Gasteiger partial charge on any atom is 0.0513 e. The summed E-state index contributed by atoms with van der Waals surface area (Å²) in [5.41, 5.74) is 8.50. The Bertz CT molecular complexity index is 431. The zero-order valence-corrected chi connectivity index (χ0v) is 13.8. The fourth-order valence-corrected chi connectivity index (χ4v) is 3.56. The van der Waals surface area contributed by atoms with Crippen molar-refractivity contribution in [1.29, 1.82) is 0 Å². The molecule has 1 fully saturated rings. The molecule has 2 N–H and O–H groups in total. The van der Waals surface area contributed by atoms with Crippen LogP contribution in [0.4, 0.5) is 5.69 Å². The average molecular weight is 325 g/mol. The van der Waals surface area contributed by atoms with Crippen molar-refractivity contribution < 1.29 is 0 Å². The monoisotopic (exact) mass is 324 g/mol. The first kappa shape index (κ1) is 14.9. The van der Waals surface area contributed by atoms with Gasteiger partial charge in [-0.05, 0) is 72.7 Å². The van der Waals surface area contributed by atoms with Crippen molar-refractivity contribution in [3.05, 3.63) is 28.2 Å². The van der Waals surface area contributed by atoms with Crippen molar-refractivity contribution in [3.8, 4) is 0 Å². The molecule has 1 heterocycles. The molecule has 0 saturated carbocycles. The summed E-state index contributed by atoms with van der Waals surface area (Å²) in [5.74, 6) is 0.784. The van der Waals surface area contributed by atoms with E-state index in [9.17, 15) is 0 Å². The Morgan fingerprint density at radius 1 is 1.37 bits per heavy atom. The third kappa shape index (κ3) is 3.73. The molecule has 1 aliphatic rings. The Morgan fingerprint density at radius 2 is 2.11 bits per heavy atom. The van der Waals surface area contributed by atoms with Gasteiger partial charge in [0.2, 0.25) is 0 Å². The van der Waals surface area contributed by atoms with Crippen molar-refractivity contribution in [2.24, 2.45) is 11.7 Å². The van der Waals surface area contributed by atoms with E-state index >= 15 is 0 Å². The van der Waals surface area contributed by atoms with Gasteiger partial charge in [-0.1, -0.05) is 13.0 Å². The van der Waals surface area contributed by atoms with Gasteiger partial charge in [0.1, 0.15) is 0 Å². The normalized spacial score (nSPS) is 25.4. The zero-order chi connectivity index (χ0) is 14.0. The van der Waals surface area contributed by atoms with Crippen LogP contribution in [0.1, 0.15) is 39.2 Å². The highest BCUT2D eigenvalue weighted by molar-refractivity contribution is 9.10. The van der Waals surface area contributed by atoms with Crippen LogP contribution < -0.4 is 10.6 Å². The highest BCUT2D eigenvalue weighted by Crippen LogP contribution is 2.33. The summed E-state index contributed by atoms with van der Waals surface area (Å²) in [6.07, 6.45) is 3.57. The lowest BCUT2D eigenvalue weighted by atomic mass is 9.94. The number of anilines is 1. The second-order valence-corrected chi connectivity index (χ2v) is 7.01. The minimum atomic E-state index is 0.215. The van der Waals surface area contributed by atoms with E-state index in [1.807, 2.05) is 0 Å². The molecule has 1 aliphatic heterocycles. The molecule has 1 saturated heterocycles. The van der Waals surface area contributed by atoms with Crippen molar-refractivity contribution >= 4 is 21.6 Å². The van der Waals surface area contributed by atoms with Crippen molar-refractivity contribution in [2.45, 2.75) is 52.1 Å². The third-order valence-electron chi connectivity index (χ3n) is 4.00. The zero-order valence-electron chi connectivity index (χ0n) is 12.2. The van der Waals surface area contributed by atoms with Gasteiger partial charge in [0.25, 0.3) is 0 Å². The minimum absolute atomic E-state index is 0.215. The van der Waals surface area contributed by atoms with Crippen LogP contribution in [0.3, 0.4) is 0 Å². The molecule has 3 unspecified atom stereocenters. The van der Waals surface area contributed by atoms with Crippen molar-refractivity contribution in [2.75, 3.05) is 11.4 Å². The Kier molecular flexibility index (Phi) is 4.91. The van der Waals surface area contributed by atoms with E-state index in [0.29, 0.717) is 6.04 Å². The predicted octanol–water partition coefficient (Wildman–Crippen LogP) is 3.96. The van der Waals surface area contributed by atoms with Crippen LogP contribution in [0.5, 0.6) is 0 Å². The first-order chi connectivity index (χ1) is 8.97. The lowest BCUT2D eigenvalue weighted by Gasteiger charge is -2.39. The summed E-state index contributed by atoms with van der Waals surface area (Å²) < 4.78 is 1.20. The fraction of sp³-hybridized carbons (Fsp3) is 0.625. The Balaban J connectivity index is 2.20. The fourth-order valence-electron chi connectivity index (χ4n) is 2.91. The number of nitrogens with two attached hydrogens (primary N) is 1. The first-order valence-electron chi connectivity index (χ1n) is 7.28. The Hall–Kier alpha value is -0.540. The van der Waals surface area contributed by atoms with E-state index in [2.05, 4.69) is 59.8 Å². The minimum Gasteiger partial charge on any atom is -0.368 e. The number of benzene rings is 1. The highest BCUT2D eigenvalue weighted by atomic mass is 79.9.